The summed E-state index contributed by atoms with van der Waals surface area (Å²) in [4.78, 5) is 18.2. The monoisotopic (exact) mass is 164 g/mol. The van der Waals surface area contributed by atoms with Crippen molar-refractivity contribution in [3.8, 4) is 0 Å². The molecule has 0 atom stereocenters. The van der Waals surface area contributed by atoms with Crippen LogP contribution in [0.4, 0.5) is 0 Å². The van der Waals surface area contributed by atoms with Crippen molar-refractivity contribution in [2.45, 2.75) is 31.6 Å². The summed E-state index contributed by atoms with van der Waals surface area (Å²) in [6.07, 6.45) is 6.99. The first-order valence-corrected chi connectivity index (χ1v) is 4.37. The summed E-state index contributed by atoms with van der Waals surface area (Å²) in [5, 5.41) is 0. The Kier molecular flexibility index (Phi) is 1.94. The normalized spacial score (nSPS) is 19.8. The fourth-order valence-electron chi connectivity index (χ4n) is 1.71. The molecule has 1 aliphatic carbocycles. The van der Waals surface area contributed by atoms with E-state index in [4.69, 9.17) is 0 Å². The van der Waals surface area contributed by atoms with E-state index in [0.717, 1.165) is 31.5 Å². The Morgan fingerprint density at radius 3 is 2.75 bits per heavy atom. The number of carbonyl (C=O) groups excluding carboxylic acids is 1. The third-order valence-corrected chi connectivity index (χ3v) is 2.45. The van der Waals surface area contributed by atoms with Gasteiger partial charge in [0.2, 0.25) is 0 Å². The molecule has 0 aromatic carbocycles. The van der Waals surface area contributed by atoms with E-state index in [1.165, 1.54) is 0 Å². The first-order chi connectivity index (χ1) is 5.86. The van der Waals surface area contributed by atoms with Gasteiger partial charge in [-0.25, -0.2) is 4.98 Å². The Morgan fingerprint density at radius 2 is 2.17 bits per heavy atom. The molecule has 64 valence electrons. The van der Waals surface area contributed by atoms with Crippen LogP contribution in [0.25, 0.3) is 0 Å². The molecule has 0 amide bonds. The molecule has 1 N–H and O–H groups in total. The third kappa shape index (κ3) is 1.40. The van der Waals surface area contributed by atoms with Gasteiger partial charge < -0.3 is 4.98 Å². The number of H-pyrrole nitrogens is 1. The van der Waals surface area contributed by atoms with Crippen LogP contribution in [0.3, 0.4) is 0 Å². The highest BCUT2D eigenvalue weighted by Gasteiger charge is 2.21. The van der Waals surface area contributed by atoms with Gasteiger partial charge in [-0.2, -0.15) is 0 Å². The second kappa shape index (κ2) is 3.09. The molecule has 1 saturated carbocycles. The lowest BCUT2D eigenvalue weighted by atomic mass is 9.88. The summed E-state index contributed by atoms with van der Waals surface area (Å²) in [7, 11) is 0. The van der Waals surface area contributed by atoms with Crippen LogP contribution in [0.5, 0.6) is 0 Å². The zero-order valence-electron chi connectivity index (χ0n) is 6.92. The third-order valence-electron chi connectivity index (χ3n) is 2.45. The maximum atomic E-state index is 10.9. The van der Waals surface area contributed by atoms with Crippen LogP contribution in [0, 0.1) is 0 Å². The molecule has 1 heterocycles. The van der Waals surface area contributed by atoms with Crippen LogP contribution in [0.2, 0.25) is 0 Å². The summed E-state index contributed by atoms with van der Waals surface area (Å²) >= 11 is 0. The fourth-order valence-corrected chi connectivity index (χ4v) is 1.71. The average molecular weight is 164 g/mol. The zero-order chi connectivity index (χ0) is 8.39. The molecule has 0 bridgehead atoms. The lowest BCUT2D eigenvalue weighted by Gasteiger charge is -2.18. The fraction of sp³-hybridized carbons (Fsp3) is 0.556. The second-order valence-corrected chi connectivity index (χ2v) is 3.29. The first-order valence-electron chi connectivity index (χ1n) is 4.37. The van der Waals surface area contributed by atoms with Crippen molar-refractivity contribution in [3.05, 3.63) is 18.2 Å². The van der Waals surface area contributed by atoms with E-state index in [1.54, 1.807) is 6.20 Å². The van der Waals surface area contributed by atoms with Crippen LogP contribution in [0.1, 0.15) is 37.4 Å². The first kappa shape index (κ1) is 7.53. The van der Waals surface area contributed by atoms with E-state index in [1.807, 2.05) is 6.20 Å². The number of nitrogens with zero attached hydrogens (tertiary/aromatic N) is 1. The van der Waals surface area contributed by atoms with Crippen molar-refractivity contribution in [1.82, 2.24) is 9.97 Å². The molecular formula is C9H12N2O. The molecule has 1 aliphatic rings. The Balaban J connectivity index is 2.03. The molecule has 1 fully saturated rings. The van der Waals surface area contributed by atoms with Crippen molar-refractivity contribution in [3.63, 3.8) is 0 Å². The maximum Gasteiger partial charge on any atom is 0.132 e. The Hall–Kier alpha value is -1.12. The maximum absolute atomic E-state index is 10.9. The van der Waals surface area contributed by atoms with Gasteiger partial charge in [0.05, 0.1) is 0 Å². The van der Waals surface area contributed by atoms with E-state index in [9.17, 15) is 4.79 Å². The predicted octanol–water partition coefficient (Wildman–Crippen LogP) is 1.64. The van der Waals surface area contributed by atoms with E-state index in [-0.39, 0.29) is 0 Å². The average Bonchev–Trinajstić information content (AvgIpc) is 2.58. The summed E-state index contributed by atoms with van der Waals surface area (Å²) in [6.45, 7) is 0. The van der Waals surface area contributed by atoms with E-state index < -0.39 is 0 Å². The largest absolute Gasteiger partial charge is 0.348 e. The minimum Gasteiger partial charge on any atom is -0.348 e. The van der Waals surface area contributed by atoms with Crippen LogP contribution >= 0.6 is 0 Å². The van der Waals surface area contributed by atoms with Gasteiger partial charge in [-0.05, 0) is 12.8 Å². The molecule has 12 heavy (non-hydrogen) atoms. The summed E-state index contributed by atoms with van der Waals surface area (Å²) in [5.74, 6) is 1.93. The molecule has 1 aromatic rings. The van der Waals surface area contributed by atoms with Crippen molar-refractivity contribution in [2.75, 3.05) is 0 Å². The number of imidazole rings is 1. The number of aromatic nitrogens is 2. The van der Waals surface area contributed by atoms with Gasteiger partial charge in [-0.15, -0.1) is 0 Å². The molecule has 0 spiro atoms. The van der Waals surface area contributed by atoms with Gasteiger partial charge in [0, 0.05) is 31.2 Å². The van der Waals surface area contributed by atoms with Gasteiger partial charge in [-0.3, -0.25) is 4.79 Å². The minimum absolute atomic E-state index is 0.401. The van der Waals surface area contributed by atoms with Crippen molar-refractivity contribution >= 4 is 5.78 Å². The Morgan fingerprint density at radius 1 is 1.42 bits per heavy atom. The summed E-state index contributed by atoms with van der Waals surface area (Å²) < 4.78 is 0. The molecule has 0 unspecified atom stereocenters. The van der Waals surface area contributed by atoms with Gasteiger partial charge in [-0.1, -0.05) is 0 Å². The highest BCUT2D eigenvalue weighted by atomic mass is 16.1. The van der Waals surface area contributed by atoms with Gasteiger partial charge in [0.25, 0.3) is 0 Å². The molecule has 3 heteroatoms. The van der Waals surface area contributed by atoms with Gasteiger partial charge >= 0.3 is 0 Å². The number of ketones is 1. The standard InChI is InChI=1S/C9H12N2O/c12-8-3-1-7(2-4-8)9-10-5-6-11-9/h5-7H,1-4H2,(H,10,11). The van der Waals surface area contributed by atoms with Crippen molar-refractivity contribution in [2.24, 2.45) is 0 Å². The van der Waals surface area contributed by atoms with Crippen LogP contribution < -0.4 is 0 Å². The number of hydrogen-bond donors (Lipinski definition) is 1. The molecular weight excluding hydrogens is 152 g/mol. The smallest absolute Gasteiger partial charge is 0.132 e. The highest BCUT2D eigenvalue weighted by Crippen LogP contribution is 2.28. The zero-order valence-corrected chi connectivity index (χ0v) is 6.92. The van der Waals surface area contributed by atoms with Gasteiger partial charge in [0.1, 0.15) is 11.6 Å². The molecule has 3 nitrogen and oxygen atoms in total. The van der Waals surface area contributed by atoms with Crippen LogP contribution in [0.15, 0.2) is 12.4 Å². The van der Waals surface area contributed by atoms with Gasteiger partial charge in [0.15, 0.2) is 0 Å². The number of aromatic amines is 1. The number of nitrogens with one attached hydrogen (secondary N) is 1. The van der Waals surface area contributed by atoms with Crippen molar-refractivity contribution < 1.29 is 4.79 Å². The SMILES string of the molecule is O=C1CCC(c2ncc[nH]2)CC1. The van der Waals surface area contributed by atoms with E-state index in [0.29, 0.717) is 11.7 Å². The lowest BCUT2D eigenvalue weighted by Crippen LogP contribution is -2.13. The second-order valence-electron chi connectivity index (χ2n) is 3.29. The molecule has 2 rings (SSSR count). The predicted molar refractivity (Wildman–Crippen MR) is 44.8 cm³/mol. The topological polar surface area (TPSA) is 45.8 Å². The van der Waals surface area contributed by atoms with Crippen molar-refractivity contribution in [1.29, 1.82) is 0 Å². The molecule has 0 saturated heterocycles. The number of carbonyl (C=O) groups is 1. The molecule has 1 aromatic heterocycles. The minimum atomic E-state index is 0.401. The van der Waals surface area contributed by atoms with Crippen LogP contribution in [-0.2, 0) is 4.79 Å². The number of rotatable bonds is 1. The number of Topliss-reactive ketones (excluding diaryl/α,β-unsaturated/α-hetero) is 1. The summed E-state index contributed by atoms with van der Waals surface area (Å²) in [5.41, 5.74) is 0. The molecule has 0 radical (unpaired) electrons. The van der Waals surface area contributed by atoms with Crippen LogP contribution in [-0.4, -0.2) is 15.8 Å². The molecule has 0 aliphatic heterocycles. The Labute approximate surface area is 71.2 Å². The Bertz CT molecular complexity index is 256. The highest BCUT2D eigenvalue weighted by molar-refractivity contribution is 5.79. The quantitative estimate of drug-likeness (QED) is 0.685. The summed E-state index contributed by atoms with van der Waals surface area (Å²) in [6, 6.07) is 0. The number of hydrogen-bond acceptors (Lipinski definition) is 2. The van der Waals surface area contributed by atoms with E-state index in [2.05, 4.69) is 9.97 Å². The van der Waals surface area contributed by atoms with E-state index >= 15 is 0 Å². The lowest BCUT2D eigenvalue weighted by molar-refractivity contribution is -0.120.